The van der Waals surface area contributed by atoms with Gasteiger partial charge in [0, 0.05) is 31.7 Å². The second kappa shape index (κ2) is 7.43. The molecule has 0 spiro atoms. The summed E-state index contributed by atoms with van der Waals surface area (Å²) < 4.78 is 5.56. The third-order valence-electron chi connectivity index (χ3n) is 4.38. The Morgan fingerprint density at radius 3 is 2.68 bits per heavy atom. The Morgan fingerprint density at radius 1 is 1.09 bits per heavy atom. The van der Waals surface area contributed by atoms with Gasteiger partial charge in [0.2, 0.25) is 0 Å². The molecule has 0 aromatic heterocycles. The lowest BCUT2D eigenvalue weighted by Gasteiger charge is -2.37. The van der Waals surface area contributed by atoms with Gasteiger partial charge in [-0.05, 0) is 18.1 Å². The molecule has 1 N–H and O–H groups in total. The van der Waals surface area contributed by atoms with Crippen LogP contribution in [0.4, 0.5) is 0 Å². The highest BCUT2D eigenvalue weighted by molar-refractivity contribution is 5.36. The molecular weight excluding hydrogens is 272 g/mol. The van der Waals surface area contributed by atoms with E-state index >= 15 is 0 Å². The topological polar surface area (TPSA) is 24.5 Å². The minimum atomic E-state index is 0.383. The number of para-hydroxylation sites is 1. The molecule has 1 saturated heterocycles. The van der Waals surface area contributed by atoms with Gasteiger partial charge in [-0.1, -0.05) is 48.5 Å². The van der Waals surface area contributed by atoms with Crippen molar-refractivity contribution in [2.24, 2.45) is 0 Å². The van der Waals surface area contributed by atoms with Crippen molar-refractivity contribution < 1.29 is 4.74 Å². The van der Waals surface area contributed by atoms with Crippen molar-refractivity contribution in [2.45, 2.75) is 12.5 Å². The normalized spacial score (nSPS) is 19.0. The number of rotatable bonds is 5. The van der Waals surface area contributed by atoms with E-state index in [1.54, 1.807) is 7.11 Å². The van der Waals surface area contributed by atoms with Crippen molar-refractivity contribution in [1.29, 1.82) is 0 Å². The molecular formula is C19H24N2O. The highest BCUT2D eigenvalue weighted by Gasteiger charge is 2.25. The molecule has 2 aromatic rings. The zero-order valence-electron chi connectivity index (χ0n) is 13.2. The van der Waals surface area contributed by atoms with E-state index in [-0.39, 0.29) is 0 Å². The molecule has 22 heavy (non-hydrogen) atoms. The van der Waals surface area contributed by atoms with E-state index in [1.165, 1.54) is 11.1 Å². The van der Waals surface area contributed by atoms with Crippen molar-refractivity contribution in [3.8, 4) is 5.75 Å². The fourth-order valence-corrected chi connectivity index (χ4v) is 3.18. The Morgan fingerprint density at radius 2 is 1.86 bits per heavy atom. The maximum atomic E-state index is 5.56. The predicted octanol–water partition coefficient (Wildman–Crippen LogP) is 2.88. The Hall–Kier alpha value is -1.84. The molecule has 0 bridgehead atoms. The average molecular weight is 296 g/mol. The van der Waals surface area contributed by atoms with E-state index in [0.29, 0.717) is 6.04 Å². The Bertz CT molecular complexity index is 585. The smallest absolute Gasteiger partial charge is 0.123 e. The first-order valence-electron chi connectivity index (χ1n) is 8.00. The number of benzene rings is 2. The summed E-state index contributed by atoms with van der Waals surface area (Å²) in [6.45, 7) is 4.19. The SMILES string of the molecule is COc1ccccc1C1CNCCN1CCc1ccccc1. The van der Waals surface area contributed by atoms with Crippen LogP contribution in [0, 0.1) is 0 Å². The minimum absolute atomic E-state index is 0.383. The second-order valence-corrected chi connectivity index (χ2v) is 5.73. The van der Waals surface area contributed by atoms with Crippen LogP contribution in [0.5, 0.6) is 5.75 Å². The van der Waals surface area contributed by atoms with Gasteiger partial charge in [-0.3, -0.25) is 4.90 Å². The monoisotopic (exact) mass is 296 g/mol. The molecule has 2 aromatic carbocycles. The van der Waals surface area contributed by atoms with Crippen LogP contribution < -0.4 is 10.1 Å². The van der Waals surface area contributed by atoms with Crippen LogP contribution >= 0.6 is 0 Å². The molecule has 1 unspecified atom stereocenters. The van der Waals surface area contributed by atoms with Crippen LogP contribution in [-0.2, 0) is 6.42 Å². The van der Waals surface area contributed by atoms with Crippen molar-refractivity contribution in [3.63, 3.8) is 0 Å². The summed E-state index contributed by atoms with van der Waals surface area (Å²) >= 11 is 0. The number of hydrogen-bond acceptors (Lipinski definition) is 3. The zero-order chi connectivity index (χ0) is 15.2. The number of ether oxygens (including phenoxy) is 1. The summed E-state index contributed by atoms with van der Waals surface area (Å²) in [5.74, 6) is 0.987. The van der Waals surface area contributed by atoms with Crippen molar-refractivity contribution in [3.05, 3.63) is 65.7 Å². The average Bonchev–Trinajstić information content (AvgIpc) is 2.61. The first-order chi connectivity index (χ1) is 10.9. The van der Waals surface area contributed by atoms with Gasteiger partial charge in [0.1, 0.15) is 5.75 Å². The molecule has 0 aliphatic carbocycles. The van der Waals surface area contributed by atoms with E-state index in [0.717, 1.165) is 38.3 Å². The van der Waals surface area contributed by atoms with Gasteiger partial charge in [-0.15, -0.1) is 0 Å². The molecule has 0 radical (unpaired) electrons. The molecule has 0 amide bonds. The highest BCUT2D eigenvalue weighted by atomic mass is 16.5. The lowest BCUT2D eigenvalue weighted by atomic mass is 10.0. The molecule has 1 heterocycles. The number of nitrogens with one attached hydrogen (secondary N) is 1. The van der Waals surface area contributed by atoms with Gasteiger partial charge < -0.3 is 10.1 Å². The van der Waals surface area contributed by atoms with Crippen LogP contribution in [0.2, 0.25) is 0 Å². The van der Waals surface area contributed by atoms with E-state index in [1.807, 2.05) is 6.07 Å². The highest BCUT2D eigenvalue weighted by Crippen LogP contribution is 2.30. The lowest BCUT2D eigenvalue weighted by Crippen LogP contribution is -2.46. The fourth-order valence-electron chi connectivity index (χ4n) is 3.18. The molecule has 1 fully saturated rings. The molecule has 116 valence electrons. The number of nitrogens with zero attached hydrogens (tertiary/aromatic N) is 1. The maximum Gasteiger partial charge on any atom is 0.123 e. The molecule has 1 atom stereocenters. The molecule has 1 aliphatic heterocycles. The van der Waals surface area contributed by atoms with Crippen LogP contribution in [-0.4, -0.2) is 38.2 Å². The summed E-state index contributed by atoms with van der Waals surface area (Å²) in [4.78, 5) is 2.57. The first-order valence-corrected chi connectivity index (χ1v) is 8.00. The fraction of sp³-hybridized carbons (Fsp3) is 0.368. The number of methoxy groups -OCH3 is 1. The van der Waals surface area contributed by atoms with Gasteiger partial charge in [0.15, 0.2) is 0 Å². The largest absolute Gasteiger partial charge is 0.496 e. The van der Waals surface area contributed by atoms with Gasteiger partial charge >= 0.3 is 0 Å². The van der Waals surface area contributed by atoms with Gasteiger partial charge in [0.05, 0.1) is 13.2 Å². The summed E-state index contributed by atoms with van der Waals surface area (Å²) in [5, 5.41) is 3.52. The second-order valence-electron chi connectivity index (χ2n) is 5.73. The zero-order valence-corrected chi connectivity index (χ0v) is 13.2. The first kappa shape index (κ1) is 15.1. The lowest BCUT2D eigenvalue weighted by molar-refractivity contribution is 0.161. The van der Waals surface area contributed by atoms with Crippen LogP contribution in [0.1, 0.15) is 17.2 Å². The third-order valence-corrected chi connectivity index (χ3v) is 4.38. The molecule has 0 saturated carbocycles. The molecule has 1 aliphatic rings. The Balaban J connectivity index is 1.73. The van der Waals surface area contributed by atoms with Crippen LogP contribution in [0.15, 0.2) is 54.6 Å². The molecule has 3 heteroatoms. The van der Waals surface area contributed by atoms with Gasteiger partial charge in [-0.25, -0.2) is 0 Å². The van der Waals surface area contributed by atoms with Gasteiger partial charge in [0.25, 0.3) is 0 Å². The van der Waals surface area contributed by atoms with E-state index in [9.17, 15) is 0 Å². The summed E-state index contributed by atoms with van der Waals surface area (Å²) in [6.07, 6.45) is 1.09. The quantitative estimate of drug-likeness (QED) is 0.918. The van der Waals surface area contributed by atoms with Gasteiger partial charge in [-0.2, -0.15) is 0 Å². The summed E-state index contributed by atoms with van der Waals surface area (Å²) in [6, 6.07) is 19.5. The molecule has 3 rings (SSSR count). The van der Waals surface area contributed by atoms with Crippen molar-refractivity contribution in [2.75, 3.05) is 33.3 Å². The minimum Gasteiger partial charge on any atom is -0.496 e. The van der Waals surface area contributed by atoms with Crippen LogP contribution in [0.25, 0.3) is 0 Å². The number of hydrogen-bond donors (Lipinski definition) is 1. The maximum absolute atomic E-state index is 5.56. The van der Waals surface area contributed by atoms with E-state index < -0.39 is 0 Å². The summed E-state index contributed by atoms with van der Waals surface area (Å²) in [5.41, 5.74) is 2.69. The number of piperazine rings is 1. The Labute approximate surface area is 132 Å². The Kier molecular flexibility index (Phi) is 5.09. The predicted molar refractivity (Wildman–Crippen MR) is 90.3 cm³/mol. The van der Waals surface area contributed by atoms with Crippen LogP contribution in [0.3, 0.4) is 0 Å². The van der Waals surface area contributed by atoms with Crippen molar-refractivity contribution >= 4 is 0 Å². The third kappa shape index (κ3) is 3.49. The summed E-state index contributed by atoms with van der Waals surface area (Å²) in [7, 11) is 1.75. The standard InChI is InChI=1S/C19H24N2O/c1-22-19-10-6-5-9-17(19)18-15-20-12-14-21(18)13-11-16-7-3-2-4-8-16/h2-10,18,20H,11-15H2,1H3. The van der Waals surface area contributed by atoms with E-state index in [2.05, 4.69) is 58.7 Å². The molecule has 3 nitrogen and oxygen atoms in total. The van der Waals surface area contributed by atoms with E-state index in [4.69, 9.17) is 4.74 Å². The van der Waals surface area contributed by atoms with Crippen molar-refractivity contribution in [1.82, 2.24) is 10.2 Å².